The zero-order valence-electron chi connectivity index (χ0n) is 13.3. The van der Waals surface area contributed by atoms with Crippen LogP contribution in [-0.4, -0.2) is 55.7 Å². The monoisotopic (exact) mass is 318 g/mol. The molecule has 23 heavy (non-hydrogen) atoms. The smallest absolute Gasteiger partial charge is 0.227 e. The Labute approximate surface area is 135 Å². The maximum atomic E-state index is 12.6. The predicted molar refractivity (Wildman–Crippen MR) is 84.1 cm³/mol. The van der Waals surface area contributed by atoms with Crippen molar-refractivity contribution in [2.45, 2.75) is 19.4 Å². The number of carbonyl (C=O) groups excluding carboxylic acids is 2. The number of nitrogens with one attached hydrogen (secondary N) is 1. The van der Waals surface area contributed by atoms with Crippen LogP contribution in [-0.2, 0) is 20.7 Å². The summed E-state index contributed by atoms with van der Waals surface area (Å²) in [6, 6.07) is 7.46. The van der Waals surface area contributed by atoms with Crippen molar-refractivity contribution >= 4 is 11.8 Å². The van der Waals surface area contributed by atoms with E-state index in [1.54, 1.807) is 4.90 Å². The lowest BCUT2D eigenvalue weighted by Crippen LogP contribution is -2.44. The van der Waals surface area contributed by atoms with Crippen molar-refractivity contribution in [2.75, 3.05) is 32.9 Å². The van der Waals surface area contributed by atoms with E-state index >= 15 is 0 Å². The molecule has 1 aromatic rings. The van der Waals surface area contributed by atoms with Gasteiger partial charge in [0.1, 0.15) is 5.75 Å². The van der Waals surface area contributed by atoms with Gasteiger partial charge in [-0.05, 0) is 24.6 Å². The van der Waals surface area contributed by atoms with Crippen LogP contribution in [0.3, 0.4) is 0 Å². The zero-order chi connectivity index (χ0) is 16.2. The highest BCUT2D eigenvalue weighted by atomic mass is 16.5. The second-order valence-electron chi connectivity index (χ2n) is 5.99. The van der Waals surface area contributed by atoms with Gasteiger partial charge in [0.25, 0.3) is 0 Å². The minimum Gasteiger partial charge on any atom is -0.494 e. The highest BCUT2D eigenvalue weighted by molar-refractivity contribution is 5.83. The summed E-state index contributed by atoms with van der Waals surface area (Å²) in [7, 11) is 0. The molecule has 124 valence electrons. The van der Waals surface area contributed by atoms with Crippen LogP contribution >= 0.6 is 0 Å². The summed E-state index contributed by atoms with van der Waals surface area (Å²) >= 11 is 0. The number of carbonyl (C=O) groups is 2. The lowest BCUT2D eigenvalue weighted by molar-refractivity contribution is -0.132. The summed E-state index contributed by atoms with van der Waals surface area (Å²) in [6.07, 6.45) is 0.334. The highest BCUT2D eigenvalue weighted by Gasteiger charge is 2.34. The quantitative estimate of drug-likeness (QED) is 0.883. The predicted octanol–water partition coefficient (Wildman–Crippen LogP) is 0.601. The van der Waals surface area contributed by atoms with Crippen LogP contribution < -0.4 is 10.1 Å². The number of hydrogen-bond donors (Lipinski definition) is 1. The summed E-state index contributed by atoms with van der Waals surface area (Å²) in [5, 5.41) is 2.94. The molecule has 6 heteroatoms. The molecule has 0 spiro atoms. The van der Waals surface area contributed by atoms with Gasteiger partial charge in [-0.1, -0.05) is 12.1 Å². The van der Waals surface area contributed by atoms with Gasteiger partial charge in [-0.3, -0.25) is 9.59 Å². The number of fused-ring (bicyclic) bond motifs is 3. The van der Waals surface area contributed by atoms with Gasteiger partial charge in [-0.2, -0.15) is 0 Å². The summed E-state index contributed by atoms with van der Waals surface area (Å²) in [4.78, 5) is 26.3. The SMILES string of the molecule is CCOc1ccc(CC(=O)N2C[C@H]3COC[C@@H](C2)C(=O)N3)cc1. The van der Waals surface area contributed by atoms with Crippen molar-refractivity contribution in [2.24, 2.45) is 5.92 Å². The molecule has 2 bridgehead atoms. The van der Waals surface area contributed by atoms with Crippen LogP contribution in [0, 0.1) is 5.92 Å². The highest BCUT2D eigenvalue weighted by Crippen LogP contribution is 2.17. The molecule has 2 fully saturated rings. The van der Waals surface area contributed by atoms with Crippen molar-refractivity contribution in [1.29, 1.82) is 0 Å². The molecule has 6 nitrogen and oxygen atoms in total. The Morgan fingerprint density at radius 1 is 1.30 bits per heavy atom. The summed E-state index contributed by atoms with van der Waals surface area (Å²) < 4.78 is 10.9. The normalized spacial score (nSPS) is 23.9. The molecule has 2 amide bonds. The van der Waals surface area contributed by atoms with Crippen LogP contribution in [0.4, 0.5) is 0 Å². The van der Waals surface area contributed by atoms with E-state index in [2.05, 4.69) is 5.32 Å². The first-order valence-corrected chi connectivity index (χ1v) is 8.03. The average molecular weight is 318 g/mol. The fourth-order valence-corrected chi connectivity index (χ4v) is 2.99. The number of rotatable bonds is 4. The lowest BCUT2D eigenvalue weighted by Gasteiger charge is -2.27. The van der Waals surface area contributed by atoms with E-state index in [0.717, 1.165) is 11.3 Å². The van der Waals surface area contributed by atoms with Gasteiger partial charge >= 0.3 is 0 Å². The number of amides is 2. The average Bonchev–Trinajstić information content (AvgIpc) is 2.78. The first kappa shape index (κ1) is 15.8. The third-order valence-corrected chi connectivity index (χ3v) is 4.18. The molecular weight excluding hydrogens is 296 g/mol. The summed E-state index contributed by atoms with van der Waals surface area (Å²) in [5.74, 6) is 0.568. The Kier molecular flexibility index (Phi) is 4.81. The fraction of sp³-hybridized carbons (Fsp3) is 0.529. The lowest BCUT2D eigenvalue weighted by atomic mass is 10.1. The van der Waals surface area contributed by atoms with Crippen molar-refractivity contribution in [3.05, 3.63) is 29.8 Å². The maximum absolute atomic E-state index is 12.6. The fourth-order valence-electron chi connectivity index (χ4n) is 2.99. The third kappa shape index (κ3) is 3.82. The molecule has 0 unspecified atom stereocenters. The molecule has 2 aliphatic rings. The van der Waals surface area contributed by atoms with Crippen LogP contribution in [0.2, 0.25) is 0 Å². The molecule has 0 radical (unpaired) electrons. The van der Waals surface area contributed by atoms with Crippen LogP contribution in [0.25, 0.3) is 0 Å². The van der Waals surface area contributed by atoms with Gasteiger partial charge in [0.15, 0.2) is 0 Å². The Hall–Kier alpha value is -2.08. The van der Waals surface area contributed by atoms with Gasteiger partial charge in [0.2, 0.25) is 11.8 Å². The van der Waals surface area contributed by atoms with Crippen LogP contribution in [0.15, 0.2) is 24.3 Å². The first-order valence-electron chi connectivity index (χ1n) is 8.03. The zero-order valence-corrected chi connectivity index (χ0v) is 13.3. The van der Waals surface area contributed by atoms with E-state index in [1.807, 2.05) is 31.2 Å². The van der Waals surface area contributed by atoms with Gasteiger partial charge in [-0.15, -0.1) is 0 Å². The van der Waals surface area contributed by atoms with E-state index in [9.17, 15) is 9.59 Å². The Morgan fingerprint density at radius 3 is 2.83 bits per heavy atom. The summed E-state index contributed by atoms with van der Waals surface area (Å²) in [6.45, 7) is 4.35. The van der Waals surface area contributed by atoms with E-state index in [4.69, 9.17) is 9.47 Å². The molecule has 1 N–H and O–H groups in total. The van der Waals surface area contributed by atoms with Crippen molar-refractivity contribution in [1.82, 2.24) is 10.2 Å². The molecule has 0 aliphatic carbocycles. The standard InChI is InChI=1S/C17H22N2O4/c1-2-23-15-5-3-12(4-6-15)7-16(20)19-8-13-10-22-11-14(9-19)18-17(13)21/h3-6,13-14H,2,7-11H2,1H3,(H,18,21)/t13-,14+/m1/s1. The molecular formula is C17H22N2O4. The molecule has 0 saturated carbocycles. The van der Waals surface area contributed by atoms with Crippen LogP contribution in [0.1, 0.15) is 12.5 Å². The topological polar surface area (TPSA) is 67.9 Å². The molecule has 3 rings (SSSR count). The minimum atomic E-state index is -0.271. The molecule has 1 aromatic carbocycles. The Bertz CT molecular complexity index is 572. The van der Waals surface area contributed by atoms with Crippen molar-refractivity contribution in [3.8, 4) is 5.75 Å². The number of benzene rings is 1. The molecule has 2 saturated heterocycles. The number of nitrogens with zero attached hydrogens (tertiary/aromatic N) is 1. The molecule has 2 aliphatic heterocycles. The second-order valence-corrected chi connectivity index (χ2v) is 5.99. The summed E-state index contributed by atoms with van der Waals surface area (Å²) in [5.41, 5.74) is 0.948. The van der Waals surface area contributed by atoms with E-state index in [1.165, 1.54) is 0 Å². The third-order valence-electron chi connectivity index (χ3n) is 4.18. The molecule has 2 heterocycles. The molecule has 2 atom stereocenters. The number of ether oxygens (including phenoxy) is 2. The van der Waals surface area contributed by atoms with Gasteiger partial charge < -0.3 is 19.7 Å². The van der Waals surface area contributed by atoms with E-state index in [-0.39, 0.29) is 23.8 Å². The number of hydrogen-bond acceptors (Lipinski definition) is 4. The van der Waals surface area contributed by atoms with Crippen LogP contribution in [0.5, 0.6) is 5.75 Å². The van der Waals surface area contributed by atoms with Crippen molar-refractivity contribution < 1.29 is 19.1 Å². The van der Waals surface area contributed by atoms with E-state index < -0.39 is 0 Å². The molecule has 0 aromatic heterocycles. The van der Waals surface area contributed by atoms with Gasteiger partial charge in [0, 0.05) is 13.1 Å². The Morgan fingerprint density at radius 2 is 2.09 bits per heavy atom. The van der Waals surface area contributed by atoms with Crippen molar-refractivity contribution in [3.63, 3.8) is 0 Å². The minimum absolute atomic E-state index is 0.0103. The first-order chi connectivity index (χ1) is 11.2. The van der Waals surface area contributed by atoms with Gasteiger partial charge in [0.05, 0.1) is 38.2 Å². The van der Waals surface area contributed by atoms with Gasteiger partial charge in [-0.25, -0.2) is 0 Å². The Balaban J connectivity index is 1.64. The van der Waals surface area contributed by atoms with E-state index in [0.29, 0.717) is 39.3 Å². The maximum Gasteiger partial charge on any atom is 0.227 e. The second kappa shape index (κ2) is 7.00. The largest absolute Gasteiger partial charge is 0.494 e.